The average Bonchev–Trinajstić information content (AvgIpc) is 3.24. The maximum Gasteiger partial charge on any atom is 0.306 e. The van der Waals surface area contributed by atoms with Gasteiger partial charge >= 0.3 is 11.9 Å². The highest BCUT2D eigenvalue weighted by molar-refractivity contribution is 5.69. The Labute approximate surface area is 147 Å². The number of epoxide rings is 1. The molecule has 6 heteroatoms. The van der Waals surface area contributed by atoms with Gasteiger partial charge in [-0.05, 0) is 19.8 Å². The van der Waals surface area contributed by atoms with Crippen molar-refractivity contribution in [1.82, 2.24) is 0 Å². The minimum Gasteiger partial charge on any atom is -0.420 e. The molecule has 0 aromatic heterocycles. The van der Waals surface area contributed by atoms with Crippen molar-refractivity contribution in [2.75, 3.05) is 6.61 Å². The molecule has 0 radical (unpaired) electrons. The molecule has 2 heterocycles. The summed E-state index contributed by atoms with van der Waals surface area (Å²) < 4.78 is 23.7. The van der Waals surface area contributed by atoms with Crippen molar-refractivity contribution >= 4 is 11.9 Å². The van der Waals surface area contributed by atoms with Gasteiger partial charge in [-0.3, -0.25) is 9.59 Å². The molecule has 0 amide bonds. The highest BCUT2D eigenvalue weighted by Gasteiger charge is 2.86. The van der Waals surface area contributed by atoms with Crippen LogP contribution in [0.25, 0.3) is 0 Å². The fourth-order valence-corrected chi connectivity index (χ4v) is 5.56. The molecule has 2 bridgehead atoms. The van der Waals surface area contributed by atoms with Crippen LogP contribution in [-0.2, 0) is 28.5 Å². The van der Waals surface area contributed by atoms with E-state index in [0.29, 0.717) is 13.0 Å². The third-order valence-electron chi connectivity index (χ3n) is 7.09. The summed E-state index contributed by atoms with van der Waals surface area (Å²) in [4.78, 5) is 23.7. The van der Waals surface area contributed by atoms with Crippen LogP contribution < -0.4 is 0 Å². The second-order valence-corrected chi connectivity index (χ2v) is 8.55. The first-order valence-electron chi connectivity index (χ1n) is 8.94. The average molecular weight is 350 g/mol. The Hall–Kier alpha value is -1.40. The summed E-state index contributed by atoms with van der Waals surface area (Å²) in [5, 5.41) is 0. The number of carbonyl (C=O) groups excluding carboxylic acids is 2. The number of ether oxygens (including phenoxy) is 4. The summed E-state index contributed by atoms with van der Waals surface area (Å²) in [5.41, 5.74) is 0.225. The molecule has 1 spiro atoms. The monoisotopic (exact) mass is 350 g/mol. The summed E-state index contributed by atoms with van der Waals surface area (Å²) in [6, 6.07) is 0. The van der Waals surface area contributed by atoms with E-state index in [2.05, 4.69) is 26.8 Å². The Morgan fingerprint density at radius 1 is 1.20 bits per heavy atom. The Morgan fingerprint density at radius 3 is 2.32 bits per heavy atom. The predicted molar refractivity (Wildman–Crippen MR) is 87.4 cm³/mol. The predicted octanol–water partition coefficient (Wildman–Crippen LogP) is 2.50. The molecule has 2 saturated heterocycles. The van der Waals surface area contributed by atoms with Crippen molar-refractivity contribution in [3.8, 4) is 0 Å². The van der Waals surface area contributed by atoms with Crippen molar-refractivity contribution in [1.29, 1.82) is 0 Å². The molecule has 0 unspecified atom stereocenters. The first kappa shape index (κ1) is 17.0. The smallest absolute Gasteiger partial charge is 0.306 e. The van der Waals surface area contributed by atoms with Gasteiger partial charge in [0.25, 0.3) is 5.79 Å². The zero-order chi connectivity index (χ0) is 18.3. The van der Waals surface area contributed by atoms with Crippen LogP contribution in [0, 0.1) is 10.8 Å². The molecule has 138 valence electrons. The first-order valence-corrected chi connectivity index (χ1v) is 8.94. The van der Waals surface area contributed by atoms with E-state index in [1.165, 1.54) is 19.4 Å². The Balaban J connectivity index is 1.85. The van der Waals surface area contributed by atoms with Crippen LogP contribution in [-0.4, -0.2) is 42.1 Å². The van der Waals surface area contributed by atoms with Gasteiger partial charge in [-0.1, -0.05) is 25.5 Å². The molecule has 2 aliphatic heterocycles. The number of rotatable bonds is 2. The molecule has 6 nitrogen and oxygen atoms in total. The third-order valence-corrected chi connectivity index (χ3v) is 7.09. The van der Waals surface area contributed by atoms with Crippen LogP contribution >= 0.6 is 0 Å². The summed E-state index contributed by atoms with van der Waals surface area (Å²) in [6.45, 7) is 9.69. The highest BCUT2D eigenvalue weighted by Crippen LogP contribution is 2.74. The van der Waals surface area contributed by atoms with Crippen LogP contribution in [0.5, 0.6) is 0 Å². The molecule has 1 saturated carbocycles. The summed E-state index contributed by atoms with van der Waals surface area (Å²) >= 11 is 0. The first-order chi connectivity index (χ1) is 11.6. The normalized spacial score (nSPS) is 46.2. The molecule has 5 atom stereocenters. The zero-order valence-corrected chi connectivity index (χ0v) is 15.5. The lowest BCUT2D eigenvalue weighted by atomic mass is 9.53. The lowest BCUT2D eigenvalue weighted by molar-refractivity contribution is -0.273. The van der Waals surface area contributed by atoms with Crippen molar-refractivity contribution in [3.63, 3.8) is 0 Å². The molecule has 4 rings (SSSR count). The summed E-state index contributed by atoms with van der Waals surface area (Å²) in [7, 11) is 0. The van der Waals surface area contributed by atoms with Crippen LogP contribution in [0.15, 0.2) is 11.6 Å². The minimum absolute atomic E-state index is 0.112. The number of esters is 2. The van der Waals surface area contributed by atoms with E-state index in [1.807, 2.05) is 0 Å². The molecule has 0 aromatic rings. The second kappa shape index (κ2) is 4.86. The van der Waals surface area contributed by atoms with Crippen LogP contribution in [0.1, 0.15) is 53.9 Å². The quantitative estimate of drug-likeness (QED) is 0.330. The van der Waals surface area contributed by atoms with Gasteiger partial charge in [0.05, 0.1) is 12.7 Å². The SMILES string of the molecule is CC(=O)OC1(OC(C)=O)C[C@]2(C)[C@@]3(C)CCC(C)=C[C@H]3O[C@H]1[C@@]21CO1. The van der Waals surface area contributed by atoms with Gasteiger partial charge in [-0.2, -0.15) is 0 Å². The van der Waals surface area contributed by atoms with Gasteiger partial charge in [0.15, 0.2) is 6.10 Å². The molecule has 4 aliphatic rings. The number of fused-ring (bicyclic) bond motifs is 2. The molecule has 2 aliphatic carbocycles. The van der Waals surface area contributed by atoms with E-state index in [-0.39, 0.29) is 16.9 Å². The van der Waals surface area contributed by atoms with E-state index >= 15 is 0 Å². The van der Waals surface area contributed by atoms with Crippen molar-refractivity contribution in [2.45, 2.75) is 77.5 Å². The number of hydrogen-bond donors (Lipinski definition) is 0. The second-order valence-electron chi connectivity index (χ2n) is 8.55. The maximum atomic E-state index is 11.8. The lowest BCUT2D eigenvalue weighted by Crippen LogP contribution is -2.62. The minimum atomic E-state index is -1.43. The fourth-order valence-electron chi connectivity index (χ4n) is 5.56. The van der Waals surface area contributed by atoms with E-state index in [9.17, 15) is 9.59 Å². The molecule has 3 fully saturated rings. The van der Waals surface area contributed by atoms with E-state index < -0.39 is 29.4 Å². The maximum absolute atomic E-state index is 11.8. The summed E-state index contributed by atoms with van der Waals surface area (Å²) in [6.07, 6.45) is 3.80. The van der Waals surface area contributed by atoms with Crippen LogP contribution in [0.3, 0.4) is 0 Å². The van der Waals surface area contributed by atoms with E-state index in [0.717, 1.165) is 12.8 Å². The van der Waals surface area contributed by atoms with Gasteiger partial charge in [0.2, 0.25) is 0 Å². The fraction of sp³-hybridized carbons (Fsp3) is 0.789. The molecular formula is C19H26O6. The number of hydrogen-bond acceptors (Lipinski definition) is 6. The Morgan fingerprint density at radius 2 is 1.80 bits per heavy atom. The Kier molecular flexibility index (Phi) is 3.31. The number of carbonyl (C=O) groups is 2. The van der Waals surface area contributed by atoms with E-state index in [1.54, 1.807) is 0 Å². The standard InChI is InChI=1S/C19H26O6/c1-11-6-7-16(4)14(8-11)23-15-18(10-22-18)17(16,5)9-19(15,24-12(2)20)25-13(3)21/h8,14-15H,6-7,9-10H2,1-5H3/t14-,15+,16+,17-,18+/m1/s1. The van der Waals surface area contributed by atoms with Gasteiger partial charge in [0.1, 0.15) is 5.60 Å². The number of allylic oxidation sites excluding steroid dienone is 1. The van der Waals surface area contributed by atoms with Gasteiger partial charge in [0, 0.05) is 31.1 Å². The van der Waals surface area contributed by atoms with Crippen molar-refractivity contribution in [2.24, 2.45) is 10.8 Å². The van der Waals surface area contributed by atoms with Crippen molar-refractivity contribution in [3.05, 3.63) is 11.6 Å². The van der Waals surface area contributed by atoms with Crippen LogP contribution in [0.2, 0.25) is 0 Å². The Bertz CT molecular complexity index is 661. The van der Waals surface area contributed by atoms with Crippen LogP contribution in [0.4, 0.5) is 0 Å². The zero-order valence-electron chi connectivity index (χ0n) is 15.5. The lowest BCUT2D eigenvalue weighted by Gasteiger charge is -2.55. The van der Waals surface area contributed by atoms with Gasteiger partial charge in [-0.15, -0.1) is 0 Å². The topological polar surface area (TPSA) is 74.4 Å². The van der Waals surface area contributed by atoms with Gasteiger partial charge in [-0.25, -0.2) is 0 Å². The molecule has 0 N–H and O–H groups in total. The van der Waals surface area contributed by atoms with E-state index in [4.69, 9.17) is 18.9 Å². The molecule has 25 heavy (non-hydrogen) atoms. The molecule has 0 aromatic carbocycles. The largest absolute Gasteiger partial charge is 0.420 e. The summed E-state index contributed by atoms with van der Waals surface area (Å²) in [5.74, 6) is -2.40. The van der Waals surface area contributed by atoms with Crippen molar-refractivity contribution < 1.29 is 28.5 Å². The highest BCUT2D eigenvalue weighted by atomic mass is 16.8. The van der Waals surface area contributed by atoms with Gasteiger partial charge < -0.3 is 18.9 Å². The molecular weight excluding hydrogens is 324 g/mol. The third kappa shape index (κ3) is 1.98.